The Hall–Kier alpha value is -0.620. The van der Waals surface area contributed by atoms with Crippen LogP contribution in [-0.2, 0) is 14.6 Å². The summed E-state index contributed by atoms with van der Waals surface area (Å²) in [4.78, 5) is 11.3. The summed E-state index contributed by atoms with van der Waals surface area (Å²) in [6, 6.07) is 0. The fourth-order valence-electron chi connectivity index (χ4n) is 1.67. The number of carbonyl (C=O) groups excluding carboxylic acids is 1. The van der Waals surface area contributed by atoms with Crippen LogP contribution in [0.4, 0.5) is 0 Å². The zero-order valence-corrected chi connectivity index (χ0v) is 9.93. The minimum absolute atomic E-state index is 0.0427. The Labute approximate surface area is 90.3 Å². The predicted octanol–water partition coefficient (Wildman–Crippen LogP) is -0.725. The van der Waals surface area contributed by atoms with Crippen molar-refractivity contribution in [3.8, 4) is 0 Å². The van der Waals surface area contributed by atoms with Crippen molar-refractivity contribution in [2.75, 3.05) is 18.1 Å². The number of nitrogens with two attached hydrogens (primary N) is 1. The standard InChI is InChI=1S/C9H18N2O3S/c1-7(2)5-11-9(8(10)12)3-4-15(13,14)6-9/h7,11H,3-6H2,1-2H3,(H2,10,12). The smallest absolute Gasteiger partial charge is 0.238 e. The van der Waals surface area contributed by atoms with Gasteiger partial charge in [-0.1, -0.05) is 13.8 Å². The van der Waals surface area contributed by atoms with E-state index in [2.05, 4.69) is 5.32 Å². The Bertz CT molecular complexity index is 350. The second kappa shape index (κ2) is 4.09. The summed E-state index contributed by atoms with van der Waals surface area (Å²) in [5, 5.41) is 3.00. The van der Waals surface area contributed by atoms with Crippen molar-refractivity contribution in [3.05, 3.63) is 0 Å². The highest BCUT2D eigenvalue weighted by molar-refractivity contribution is 7.91. The first-order valence-corrected chi connectivity index (χ1v) is 6.85. The molecule has 1 amide bonds. The van der Waals surface area contributed by atoms with Gasteiger partial charge in [-0.3, -0.25) is 4.79 Å². The summed E-state index contributed by atoms with van der Waals surface area (Å²) in [5.41, 5.74) is 4.24. The zero-order valence-electron chi connectivity index (χ0n) is 9.12. The number of hydrogen-bond donors (Lipinski definition) is 2. The molecule has 0 aromatic carbocycles. The molecule has 1 unspecified atom stereocenters. The normalized spacial score (nSPS) is 29.5. The second-order valence-corrected chi connectivity index (χ2v) is 6.75. The molecule has 0 aliphatic carbocycles. The van der Waals surface area contributed by atoms with Gasteiger partial charge in [0.25, 0.3) is 0 Å². The van der Waals surface area contributed by atoms with Gasteiger partial charge >= 0.3 is 0 Å². The molecule has 1 atom stereocenters. The predicted molar refractivity (Wildman–Crippen MR) is 58.0 cm³/mol. The molecule has 0 saturated carbocycles. The Morgan fingerprint density at radius 3 is 2.47 bits per heavy atom. The van der Waals surface area contributed by atoms with Gasteiger partial charge in [-0.2, -0.15) is 0 Å². The van der Waals surface area contributed by atoms with Crippen LogP contribution in [0.15, 0.2) is 0 Å². The number of amides is 1. The molecule has 0 radical (unpaired) electrons. The highest BCUT2D eigenvalue weighted by atomic mass is 32.2. The summed E-state index contributed by atoms with van der Waals surface area (Å²) >= 11 is 0. The summed E-state index contributed by atoms with van der Waals surface area (Å²) in [5.74, 6) is -0.336. The van der Waals surface area contributed by atoms with Crippen molar-refractivity contribution in [3.63, 3.8) is 0 Å². The number of hydrogen-bond acceptors (Lipinski definition) is 4. The van der Waals surface area contributed by atoms with Crippen LogP contribution in [0.2, 0.25) is 0 Å². The van der Waals surface area contributed by atoms with Gasteiger partial charge in [0, 0.05) is 0 Å². The number of primary amides is 1. The van der Waals surface area contributed by atoms with Gasteiger partial charge in [-0.15, -0.1) is 0 Å². The molecule has 1 fully saturated rings. The molecule has 0 spiro atoms. The van der Waals surface area contributed by atoms with Crippen LogP contribution in [0.25, 0.3) is 0 Å². The molecule has 1 heterocycles. The molecule has 6 heteroatoms. The quantitative estimate of drug-likeness (QED) is 0.671. The third-order valence-corrected chi connectivity index (χ3v) is 4.39. The summed E-state index contributed by atoms with van der Waals surface area (Å²) in [6.07, 6.45) is 0.289. The van der Waals surface area contributed by atoms with E-state index in [9.17, 15) is 13.2 Å². The van der Waals surface area contributed by atoms with Gasteiger partial charge in [-0.05, 0) is 18.9 Å². The average molecular weight is 234 g/mol. The fourth-order valence-corrected chi connectivity index (χ4v) is 3.61. The maximum atomic E-state index is 11.3. The highest BCUT2D eigenvalue weighted by Gasteiger charge is 2.46. The van der Waals surface area contributed by atoms with Crippen LogP contribution in [-0.4, -0.2) is 37.9 Å². The topological polar surface area (TPSA) is 89.3 Å². The Kier molecular flexibility index (Phi) is 3.40. The molecule has 0 aromatic rings. The van der Waals surface area contributed by atoms with Crippen LogP contribution in [0, 0.1) is 5.92 Å². The number of rotatable bonds is 4. The number of sulfone groups is 1. The molecule has 5 nitrogen and oxygen atoms in total. The molecular weight excluding hydrogens is 216 g/mol. The molecule has 0 bridgehead atoms. The number of nitrogens with one attached hydrogen (secondary N) is 1. The lowest BCUT2D eigenvalue weighted by molar-refractivity contribution is -0.123. The van der Waals surface area contributed by atoms with Crippen molar-refractivity contribution in [2.45, 2.75) is 25.8 Å². The minimum Gasteiger partial charge on any atom is -0.368 e. The van der Waals surface area contributed by atoms with Crippen molar-refractivity contribution >= 4 is 15.7 Å². The third-order valence-electron chi connectivity index (χ3n) is 2.63. The van der Waals surface area contributed by atoms with Gasteiger partial charge < -0.3 is 11.1 Å². The first-order valence-electron chi connectivity index (χ1n) is 5.03. The van der Waals surface area contributed by atoms with E-state index in [1.165, 1.54) is 0 Å². The third kappa shape index (κ3) is 2.92. The Morgan fingerprint density at radius 1 is 1.53 bits per heavy atom. The maximum Gasteiger partial charge on any atom is 0.238 e. The molecule has 15 heavy (non-hydrogen) atoms. The Balaban J connectivity index is 2.78. The van der Waals surface area contributed by atoms with E-state index in [1.807, 2.05) is 13.8 Å². The zero-order chi connectivity index (χ0) is 11.7. The summed E-state index contributed by atoms with van der Waals surface area (Å²) in [7, 11) is -3.11. The van der Waals surface area contributed by atoms with Gasteiger partial charge in [0.2, 0.25) is 5.91 Å². The molecule has 1 aliphatic heterocycles. The first kappa shape index (κ1) is 12.4. The van der Waals surface area contributed by atoms with Gasteiger partial charge in [-0.25, -0.2) is 8.42 Å². The van der Waals surface area contributed by atoms with Crippen LogP contribution in [0.3, 0.4) is 0 Å². The van der Waals surface area contributed by atoms with Gasteiger partial charge in [0.05, 0.1) is 11.5 Å². The average Bonchev–Trinajstić information content (AvgIpc) is 2.40. The molecular formula is C9H18N2O3S. The van der Waals surface area contributed by atoms with Crippen molar-refractivity contribution in [1.29, 1.82) is 0 Å². The largest absolute Gasteiger partial charge is 0.368 e. The molecule has 1 rings (SSSR count). The first-order chi connectivity index (χ1) is 6.77. The van der Waals surface area contributed by atoms with Crippen LogP contribution < -0.4 is 11.1 Å². The molecule has 1 aliphatic rings. The van der Waals surface area contributed by atoms with E-state index in [0.717, 1.165) is 0 Å². The van der Waals surface area contributed by atoms with E-state index in [-0.39, 0.29) is 17.9 Å². The van der Waals surface area contributed by atoms with E-state index in [4.69, 9.17) is 5.73 Å². The lowest BCUT2D eigenvalue weighted by Crippen LogP contribution is -2.57. The fraction of sp³-hybridized carbons (Fsp3) is 0.889. The summed E-state index contributed by atoms with van der Waals surface area (Å²) < 4.78 is 22.7. The minimum atomic E-state index is -3.11. The van der Waals surface area contributed by atoms with Gasteiger partial charge in [0.15, 0.2) is 9.84 Å². The molecule has 88 valence electrons. The Morgan fingerprint density at radius 2 is 2.13 bits per heavy atom. The highest BCUT2D eigenvalue weighted by Crippen LogP contribution is 2.23. The van der Waals surface area contributed by atoms with E-state index in [1.54, 1.807) is 0 Å². The number of carbonyl (C=O) groups is 1. The maximum absolute atomic E-state index is 11.3. The summed E-state index contributed by atoms with van der Waals surface area (Å²) in [6.45, 7) is 4.58. The second-order valence-electron chi connectivity index (χ2n) is 4.56. The van der Waals surface area contributed by atoms with E-state index in [0.29, 0.717) is 12.5 Å². The lowest BCUT2D eigenvalue weighted by atomic mass is 9.97. The van der Waals surface area contributed by atoms with Gasteiger partial charge in [0.1, 0.15) is 5.54 Å². The van der Waals surface area contributed by atoms with Crippen molar-refractivity contribution < 1.29 is 13.2 Å². The molecule has 1 saturated heterocycles. The SMILES string of the molecule is CC(C)CNC1(C(N)=O)CCS(=O)(=O)C1. The van der Waals surface area contributed by atoms with Crippen LogP contribution in [0.5, 0.6) is 0 Å². The molecule has 3 N–H and O–H groups in total. The van der Waals surface area contributed by atoms with Crippen molar-refractivity contribution in [1.82, 2.24) is 5.32 Å². The van der Waals surface area contributed by atoms with Crippen LogP contribution in [0.1, 0.15) is 20.3 Å². The van der Waals surface area contributed by atoms with E-state index >= 15 is 0 Å². The van der Waals surface area contributed by atoms with Crippen molar-refractivity contribution in [2.24, 2.45) is 11.7 Å². The van der Waals surface area contributed by atoms with E-state index < -0.39 is 21.3 Å². The monoisotopic (exact) mass is 234 g/mol. The lowest BCUT2D eigenvalue weighted by Gasteiger charge is -2.26. The molecule has 0 aromatic heterocycles. The van der Waals surface area contributed by atoms with Crippen LogP contribution >= 0.6 is 0 Å².